The van der Waals surface area contributed by atoms with Crippen molar-refractivity contribution in [1.82, 2.24) is 16.0 Å². The lowest BCUT2D eigenvalue weighted by molar-refractivity contribution is -0.139. The van der Waals surface area contributed by atoms with Crippen LogP contribution in [0.2, 0.25) is 0 Å². The fraction of sp³-hybridized carbons (Fsp3) is 0.481. The van der Waals surface area contributed by atoms with E-state index in [9.17, 15) is 14.7 Å². The molecule has 2 aromatic rings. The Morgan fingerprint density at radius 2 is 1.71 bits per heavy atom. The molecule has 2 fully saturated rings. The summed E-state index contributed by atoms with van der Waals surface area (Å²) < 4.78 is 5.15. The maximum atomic E-state index is 12.9. The Balaban J connectivity index is 1.03. The molecule has 4 N–H and O–H groups in total. The molecule has 0 aromatic heterocycles. The summed E-state index contributed by atoms with van der Waals surface area (Å²) in [5.74, 6) is 1.06. The number of aliphatic hydroxyl groups excluding tert-OH is 1. The van der Waals surface area contributed by atoms with Gasteiger partial charge < -0.3 is 25.8 Å². The number of carbonyl (C=O) groups excluding carboxylic acids is 2. The predicted octanol–water partition coefficient (Wildman–Crippen LogP) is 3.39. The molecule has 3 aliphatic carbocycles. The highest BCUT2D eigenvalue weighted by molar-refractivity contribution is 5.80. The SMILES string of the molecule is COc1ccc(CNC(=O)NC2CC3(C2)CC(C(=O)NC2CC(CO)c4ccccc42)C3)cc1. The van der Waals surface area contributed by atoms with Gasteiger partial charge in [-0.25, -0.2) is 4.79 Å². The minimum Gasteiger partial charge on any atom is -0.497 e. The van der Waals surface area contributed by atoms with Crippen LogP contribution in [0.4, 0.5) is 4.79 Å². The van der Waals surface area contributed by atoms with E-state index in [2.05, 4.69) is 28.1 Å². The lowest BCUT2D eigenvalue weighted by atomic mass is 9.50. The number of methoxy groups -OCH3 is 1. The third-order valence-corrected chi connectivity index (χ3v) is 7.90. The van der Waals surface area contributed by atoms with Crippen LogP contribution in [-0.4, -0.2) is 36.8 Å². The van der Waals surface area contributed by atoms with Gasteiger partial charge in [-0.3, -0.25) is 4.79 Å². The number of rotatable bonds is 7. The molecule has 0 heterocycles. The van der Waals surface area contributed by atoms with Gasteiger partial charge in [0.2, 0.25) is 5.91 Å². The first-order valence-corrected chi connectivity index (χ1v) is 12.2. The Kier molecular flexibility index (Phi) is 6.21. The van der Waals surface area contributed by atoms with Gasteiger partial charge in [0.1, 0.15) is 5.75 Å². The smallest absolute Gasteiger partial charge is 0.315 e. The molecule has 0 radical (unpaired) electrons. The highest BCUT2D eigenvalue weighted by Gasteiger charge is 2.55. The molecule has 3 aliphatic rings. The van der Waals surface area contributed by atoms with E-state index in [0.717, 1.165) is 54.5 Å². The molecule has 1 spiro atoms. The van der Waals surface area contributed by atoms with Gasteiger partial charge in [-0.1, -0.05) is 36.4 Å². The van der Waals surface area contributed by atoms with E-state index in [1.165, 1.54) is 0 Å². The summed E-state index contributed by atoms with van der Waals surface area (Å²) >= 11 is 0. The molecule has 7 nitrogen and oxygen atoms in total. The third-order valence-electron chi connectivity index (χ3n) is 7.90. The van der Waals surface area contributed by atoms with Crippen LogP contribution < -0.4 is 20.7 Å². The van der Waals surface area contributed by atoms with Gasteiger partial charge in [0.05, 0.1) is 19.8 Å². The second-order valence-electron chi connectivity index (χ2n) is 10.2. The second-order valence-corrected chi connectivity index (χ2v) is 10.2. The van der Waals surface area contributed by atoms with E-state index in [1.54, 1.807) is 7.11 Å². The predicted molar refractivity (Wildman–Crippen MR) is 128 cm³/mol. The van der Waals surface area contributed by atoms with Crippen molar-refractivity contribution in [2.75, 3.05) is 13.7 Å². The average Bonchev–Trinajstić information content (AvgIpc) is 3.16. The number of nitrogens with one attached hydrogen (secondary N) is 3. The van der Waals surface area contributed by atoms with Crippen LogP contribution in [0, 0.1) is 11.3 Å². The summed E-state index contributed by atoms with van der Waals surface area (Å²) in [4.78, 5) is 25.1. The van der Waals surface area contributed by atoms with E-state index in [1.807, 2.05) is 36.4 Å². The van der Waals surface area contributed by atoms with E-state index in [-0.39, 0.29) is 47.9 Å². The molecule has 0 saturated heterocycles. The van der Waals surface area contributed by atoms with Crippen LogP contribution in [0.25, 0.3) is 0 Å². The highest BCUT2D eigenvalue weighted by Crippen LogP contribution is 2.59. The quantitative estimate of drug-likeness (QED) is 0.506. The second kappa shape index (κ2) is 9.29. The number of amides is 3. The molecule has 34 heavy (non-hydrogen) atoms. The van der Waals surface area contributed by atoms with Gasteiger partial charge in [-0.05, 0) is 66.3 Å². The lowest BCUT2D eigenvalue weighted by Gasteiger charge is -2.57. The maximum Gasteiger partial charge on any atom is 0.315 e. The number of aliphatic hydroxyl groups is 1. The Labute approximate surface area is 200 Å². The van der Waals surface area contributed by atoms with Gasteiger partial charge in [0, 0.05) is 24.4 Å². The zero-order valence-corrected chi connectivity index (χ0v) is 19.5. The van der Waals surface area contributed by atoms with Crippen LogP contribution >= 0.6 is 0 Å². The molecule has 3 amide bonds. The minimum absolute atomic E-state index is 0.0115. The third kappa shape index (κ3) is 4.49. The molecular weight excluding hydrogens is 430 g/mol. The fourth-order valence-electron chi connectivity index (χ4n) is 6.09. The molecule has 5 rings (SSSR count). The topological polar surface area (TPSA) is 99.7 Å². The molecule has 2 aromatic carbocycles. The first-order chi connectivity index (χ1) is 16.5. The van der Waals surface area contributed by atoms with Crippen LogP contribution in [0.3, 0.4) is 0 Å². The minimum atomic E-state index is -0.150. The summed E-state index contributed by atoms with van der Waals surface area (Å²) in [6, 6.07) is 15.7. The number of benzene rings is 2. The number of urea groups is 1. The average molecular weight is 464 g/mol. The first-order valence-electron chi connectivity index (χ1n) is 12.2. The van der Waals surface area contributed by atoms with Crippen molar-refractivity contribution in [3.63, 3.8) is 0 Å². The fourth-order valence-corrected chi connectivity index (χ4v) is 6.09. The Bertz CT molecular complexity index is 1040. The summed E-state index contributed by atoms with van der Waals surface area (Å²) in [6.45, 7) is 0.579. The normalized spacial score (nSPS) is 28.9. The van der Waals surface area contributed by atoms with Gasteiger partial charge in [0.15, 0.2) is 0 Å². The molecule has 2 unspecified atom stereocenters. The van der Waals surface area contributed by atoms with E-state index in [4.69, 9.17) is 4.74 Å². The first kappa shape index (κ1) is 22.7. The summed E-state index contributed by atoms with van der Waals surface area (Å²) in [7, 11) is 1.63. The van der Waals surface area contributed by atoms with E-state index in [0.29, 0.717) is 6.54 Å². The van der Waals surface area contributed by atoms with Crippen LogP contribution in [0.5, 0.6) is 5.75 Å². The number of ether oxygens (including phenoxy) is 1. The largest absolute Gasteiger partial charge is 0.497 e. The van der Waals surface area contributed by atoms with E-state index < -0.39 is 0 Å². The lowest BCUT2D eigenvalue weighted by Crippen LogP contribution is -2.59. The van der Waals surface area contributed by atoms with Crippen molar-refractivity contribution in [1.29, 1.82) is 0 Å². The zero-order chi connectivity index (χ0) is 23.7. The molecule has 180 valence electrons. The molecular formula is C27H33N3O4. The number of carbonyl (C=O) groups is 2. The highest BCUT2D eigenvalue weighted by atomic mass is 16.5. The maximum absolute atomic E-state index is 12.9. The zero-order valence-electron chi connectivity index (χ0n) is 19.5. The molecule has 0 bridgehead atoms. The summed E-state index contributed by atoms with van der Waals surface area (Å²) in [5.41, 5.74) is 3.51. The summed E-state index contributed by atoms with van der Waals surface area (Å²) in [6.07, 6.45) is 4.42. The van der Waals surface area contributed by atoms with E-state index >= 15 is 0 Å². The molecule has 7 heteroatoms. The van der Waals surface area contributed by atoms with Crippen molar-refractivity contribution >= 4 is 11.9 Å². The van der Waals surface area contributed by atoms with Gasteiger partial charge in [0.25, 0.3) is 0 Å². The standard InChI is InChI=1S/C27H33N3O4/c1-34-21-8-6-17(7-9-21)15-28-26(33)29-20-13-27(14-20)11-19(12-27)25(32)30-24-10-18(16-31)22-4-2-3-5-23(22)24/h2-9,18-20,24,31H,10-16H2,1H3,(H,30,32)(H2,28,29,33). The Hall–Kier alpha value is -3.06. The van der Waals surface area contributed by atoms with Crippen molar-refractivity contribution in [2.24, 2.45) is 11.3 Å². The molecule has 2 atom stereocenters. The van der Waals surface area contributed by atoms with Gasteiger partial charge in [-0.15, -0.1) is 0 Å². The van der Waals surface area contributed by atoms with Gasteiger partial charge in [-0.2, -0.15) is 0 Å². The number of hydrogen-bond donors (Lipinski definition) is 4. The molecule has 2 saturated carbocycles. The number of hydrogen-bond acceptors (Lipinski definition) is 4. The Morgan fingerprint density at radius 1 is 1.00 bits per heavy atom. The Morgan fingerprint density at radius 3 is 2.38 bits per heavy atom. The summed E-state index contributed by atoms with van der Waals surface area (Å²) in [5, 5.41) is 18.9. The van der Waals surface area contributed by atoms with Gasteiger partial charge >= 0.3 is 6.03 Å². The van der Waals surface area contributed by atoms with Crippen LogP contribution in [0.1, 0.15) is 60.8 Å². The van der Waals surface area contributed by atoms with Crippen LogP contribution in [-0.2, 0) is 11.3 Å². The monoisotopic (exact) mass is 463 g/mol. The van der Waals surface area contributed by atoms with Crippen molar-refractivity contribution in [3.05, 3.63) is 65.2 Å². The van der Waals surface area contributed by atoms with Crippen molar-refractivity contribution in [2.45, 2.75) is 56.7 Å². The number of fused-ring (bicyclic) bond motifs is 1. The van der Waals surface area contributed by atoms with Crippen molar-refractivity contribution < 1.29 is 19.4 Å². The van der Waals surface area contributed by atoms with Crippen molar-refractivity contribution in [3.8, 4) is 5.75 Å². The van der Waals surface area contributed by atoms with Crippen LogP contribution in [0.15, 0.2) is 48.5 Å². The molecule has 0 aliphatic heterocycles.